The highest BCUT2D eigenvalue weighted by Gasteiger charge is 2.21. The van der Waals surface area contributed by atoms with E-state index in [1.165, 1.54) is 31.2 Å². The molecule has 0 radical (unpaired) electrons. The molecular formula is C23H29N5O. The summed E-state index contributed by atoms with van der Waals surface area (Å²) in [6.45, 7) is 1.42. The molecular weight excluding hydrogens is 362 g/mol. The van der Waals surface area contributed by atoms with Gasteiger partial charge in [0, 0.05) is 32.4 Å². The van der Waals surface area contributed by atoms with Crippen molar-refractivity contribution in [3.05, 3.63) is 59.5 Å². The molecule has 1 aromatic carbocycles. The van der Waals surface area contributed by atoms with Crippen LogP contribution in [0.15, 0.2) is 42.9 Å². The second kappa shape index (κ2) is 8.33. The minimum absolute atomic E-state index is 0.0329. The summed E-state index contributed by atoms with van der Waals surface area (Å²) < 4.78 is 2.18. The van der Waals surface area contributed by atoms with Gasteiger partial charge in [0.05, 0.1) is 11.9 Å². The summed E-state index contributed by atoms with van der Waals surface area (Å²) in [4.78, 5) is 26.0. The van der Waals surface area contributed by atoms with E-state index in [-0.39, 0.29) is 5.91 Å². The summed E-state index contributed by atoms with van der Waals surface area (Å²) in [7, 11) is 5.95. The molecule has 0 aliphatic heterocycles. The molecule has 1 fully saturated rings. The lowest BCUT2D eigenvalue weighted by molar-refractivity contribution is 0.0784. The molecule has 6 heteroatoms. The highest BCUT2D eigenvalue weighted by atomic mass is 16.2. The van der Waals surface area contributed by atoms with Crippen molar-refractivity contribution in [1.82, 2.24) is 24.3 Å². The Hall–Kier alpha value is -2.73. The van der Waals surface area contributed by atoms with Crippen LogP contribution in [-0.2, 0) is 13.1 Å². The Morgan fingerprint density at radius 3 is 2.45 bits per heavy atom. The molecule has 0 unspecified atom stereocenters. The Kier molecular flexibility index (Phi) is 5.62. The summed E-state index contributed by atoms with van der Waals surface area (Å²) in [5, 5.41) is 0. The van der Waals surface area contributed by atoms with Gasteiger partial charge in [0.15, 0.2) is 5.65 Å². The standard InChI is InChI=1S/C23H29N5O/c1-26(2)14-17-8-4-5-9-18(17)15-27(3)23(29)19-12-21-22(24-13-19)28(16-25-21)20-10-6-7-11-20/h4-5,8-9,12-13,16,20H,6-7,10-11,14-15H2,1-3H3. The van der Waals surface area contributed by atoms with E-state index >= 15 is 0 Å². The van der Waals surface area contributed by atoms with Crippen LogP contribution in [0.4, 0.5) is 0 Å². The average molecular weight is 392 g/mol. The van der Waals surface area contributed by atoms with E-state index in [9.17, 15) is 4.79 Å². The Morgan fingerprint density at radius 2 is 1.76 bits per heavy atom. The molecule has 0 saturated heterocycles. The van der Waals surface area contributed by atoms with E-state index in [4.69, 9.17) is 0 Å². The fourth-order valence-corrected chi connectivity index (χ4v) is 4.24. The van der Waals surface area contributed by atoms with E-state index in [0.717, 1.165) is 23.3 Å². The second-order valence-corrected chi connectivity index (χ2v) is 8.32. The van der Waals surface area contributed by atoms with E-state index in [1.54, 1.807) is 11.1 Å². The van der Waals surface area contributed by atoms with Crippen molar-refractivity contribution in [3.8, 4) is 0 Å². The molecule has 3 aromatic rings. The smallest absolute Gasteiger partial charge is 0.255 e. The number of carbonyl (C=O) groups is 1. The number of carbonyl (C=O) groups excluding carboxylic acids is 1. The van der Waals surface area contributed by atoms with Crippen molar-refractivity contribution in [1.29, 1.82) is 0 Å². The third-order valence-corrected chi connectivity index (χ3v) is 5.74. The van der Waals surface area contributed by atoms with Crippen molar-refractivity contribution in [2.24, 2.45) is 0 Å². The fourth-order valence-electron chi connectivity index (χ4n) is 4.24. The number of pyridine rings is 1. The second-order valence-electron chi connectivity index (χ2n) is 8.32. The monoisotopic (exact) mass is 391 g/mol. The zero-order chi connectivity index (χ0) is 20.4. The van der Waals surface area contributed by atoms with Gasteiger partial charge in [-0.3, -0.25) is 4.79 Å². The molecule has 2 heterocycles. The van der Waals surface area contributed by atoms with Crippen LogP contribution in [0.2, 0.25) is 0 Å². The number of nitrogens with zero attached hydrogens (tertiary/aromatic N) is 5. The third kappa shape index (κ3) is 4.17. The predicted octanol–water partition coefficient (Wildman–Crippen LogP) is 3.88. The number of fused-ring (bicyclic) bond motifs is 1. The maximum Gasteiger partial charge on any atom is 0.255 e. The quantitative estimate of drug-likeness (QED) is 0.640. The topological polar surface area (TPSA) is 54.3 Å². The normalized spacial score (nSPS) is 14.8. The zero-order valence-corrected chi connectivity index (χ0v) is 17.5. The highest BCUT2D eigenvalue weighted by molar-refractivity contribution is 5.96. The van der Waals surface area contributed by atoms with E-state index in [0.29, 0.717) is 18.2 Å². The molecule has 0 spiro atoms. The van der Waals surface area contributed by atoms with Crippen LogP contribution in [0.25, 0.3) is 11.2 Å². The molecule has 29 heavy (non-hydrogen) atoms. The van der Waals surface area contributed by atoms with Crippen LogP contribution < -0.4 is 0 Å². The number of amides is 1. The maximum absolute atomic E-state index is 13.0. The van der Waals surface area contributed by atoms with Gasteiger partial charge in [-0.05, 0) is 44.1 Å². The van der Waals surface area contributed by atoms with Gasteiger partial charge in [-0.15, -0.1) is 0 Å². The van der Waals surface area contributed by atoms with Crippen molar-refractivity contribution in [2.75, 3.05) is 21.1 Å². The summed E-state index contributed by atoms with van der Waals surface area (Å²) in [6, 6.07) is 10.6. The van der Waals surface area contributed by atoms with E-state index in [1.807, 2.05) is 31.6 Å². The van der Waals surface area contributed by atoms with Crippen LogP contribution in [0, 0.1) is 0 Å². The predicted molar refractivity (Wildman–Crippen MR) is 115 cm³/mol. The zero-order valence-electron chi connectivity index (χ0n) is 17.5. The van der Waals surface area contributed by atoms with Crippen molar-refractivity contribution in [2.45, 2.75) is 44.8 Å². The SMILES string of the molecule is CN(C)Cc1ccccc1CN(C)C(=O)c1cnc2c(c1)ncn2C1CCCC1. The first-order valence-corrected chi connectivity index (χ1v) is 10.3. The average Bonchev–Trinajstić information content (AvgIpc) is 3.37. The number of hydrogen-bond acceptors (Lipinski definition) is 4. The van der Waals surface area contributed by atoms with Gasteiger partial charge >= 0.3 is 0 Å². The Morgan fingerprint density at radius 1 is 1.07 bits per heavy atom. The van der Waals surface area contributed by atoms with Crippen LogP contribution >= 0.6 is 0 Å². The van der Waals surface area contributed by atoms with Gasteiger partial charge in [-0.25, -0.2) is 9.97 Å². The Bertz CT molecular complexity index is 1000. The molecule has 0 atom stereocenters. The number of imidazole rings is 1. The van der Waals surface area contributed by atoms with Crippen LogP contribution in [-0.4, -0.2) is 51.4 Å². The fraction of sp³-hybridized carbons (Fsp3) is 0.435. The Balaban J connectivity index is 1.52. The van der Waals surface area contributed by atoms with Crippen LogP contribution in [0.5, 0.6) is 0 Å². The molecule has 2 aromatic heterocycles. The Labute approximate surface area is 172 Å². The van der Waals surface area contributed by atoms with Gasteiger partial charge in [-0.1, -0.05) is 37.1 Å². The first kappa shape index (κ1) is 19.6. The largest absolute Gasteiger partial charge is 0.337 e. The van der Waals surface area contributed by atoms with Gasteiger partial charge in [0.25, 0.3) is 5.91 Å². The lowest BCUT2D eigenvalue weighted by Gasteiger charge is -2.20. The van der Waals surface area contributed by atoms with Crippen molar-refractivity contribution >= 4 is 17.1 Å². The molecule has 1 saturated carbocycles. The van der Waals surface area contributed by atoms with Gasteiger partial charge in [-0.2, -0.15) is 0 Å². The molecule has 1 aliphatic carbocycles. The first-order chi connectivity index (χ1) is 14.0. The van der Waals surface area contributed by atoms with Crippen molar-refractivity contribution in [3.63, 3.8) is 0 Å². The lowest BCUT2D eigenvalue weighted by Crippen LogP contribution is -2.27. The summed E-state index contributed by atoms with van der Waals surface area (Å²) in [5.41, 5.74) is 4.66. The molecule has 4 rings (SSSR count). The lowest BCUT2D eigenvalue weighted by atomic mass is 10.1. The molecule has 152 valence electrons. The number of hydrogen-bond donors (Lipinski definition) is 0. The maximum atomic E-state index is 13.0. The molecule has 1 aliphatic rings. The van der Waals surface area contributed by atoms with E-state index < -0.39 is 0 Å². The third-order valence-electron chi connectivity index (χ3n) is 5.74. The molecule has 6 nitrogen and oxygen atoms in total. The number of benzene rings is 1. The van der Waals surface area contributed by atoms with Gasteiger partial charge in [0.2, 0.25) is 0 Å². The molecule has 0 bridgehead atoms. The first-order valence-electron chi connectivity index (χ1n) is 10.3. The molecule has 0 N–H and O–H groups in total. The minimum atomic E-state index is -0.0329. The van der Waals surface area contributed by atoms with Gasteiger partial charge < -0.3 is 14.4 Å². The highest BCUT2D eigenvalue weighted by Crippen LogP contribution is 2.31. The van der Waals surface area contributed by atoms with Gasteiger partial charge in [0.1, 0.15) is 5.52 Å². The van der Waals surface area contributed by atoms with E-state index in [2.05, 4.69) is 45.7 Å². The summed E-state index contributed by atoms with van der Waals surface area (Å²) in [5.74, 6) is -0.0329. The van der Waals surface area contributed by atoms with Crippen LogP contribution in [0.3, 0.4) is 0 Å². The summed E-state index contributed by atoms with van der Waals surface area (Å²) in [6.07, 6.45) is 8.47. The summed E-state index contributed by atoms with van der Waals surface area (Å²) >= 11 is 0. The number of rotatable bonds is 6. The molecule has 1 amide bonds. The number of aromatic nitrogens is 3. The minimum Gasteiger partial charge on any atom is -0.337 e. The van der Waals surface area contributed by atoms with Crippen molar-refractivity contribution < 1.29 is 4.79 Å². The van der Waals surface area contributed by atoms with Crippen LogP contribution in [0.1, 0.15) is 53.2 Å².